The average Bonchev–Trinajstić information content (AvgIpc) is 2.51. The van der Waals surface area contributed by atoms with Gasteiger partial charge in [0.25, 0.3) is 0 Å². The van der Waals surface area contributed by atoms with E-state index >= 15 is 0 Å². The first kappa shape index (κ1) is 16.1. The monoisotopic (exact) mass is 291 g/mol. The van der Waals surface area contributed by atoms with Crippen LogP contribution in [0.25, 0.3) is 0 Å². The third-order valence-electron chi connectivity index (χ3n) is 2.81. The lowest BCUT2D eigenvalue weighted by Gasteiger charge is -2.22. The lowest BCUT2D eigenvalue weighted by molar-refractivity contribution is -0.0119. The van der Waals surface area contributed by atoms with Crippen LogP contribution in [0, 0.1) is 13.8 Å². The van der Waals surface area contributed by atoms with Crippen molar-refractivity contribution in [3.8, 4) is 0 Å². The predicted molar refractivity (Wildman–Crippen MR) is 70.4 cm³/mol. The van der Waals surface area contributed by atoms with Gasteiger partial charge in [0, 0.05) is 20.7 Å². The highest BCUT2D eigenvalue weighted by Crippen LogP contribution is 2.18. The topological polar surface area (TPSA) is 93.4 Å². The van der Waals surface area contributed by atoms with Gasteiger partial charge >= 0.3 is 0 Å². The van der Waals surface area contributed by atoms with Crippen LogP contribution in [0.4, 0.5) is 0 Å². The van der Waals surface area contributed by atoms with Crippen LogP contribution in [-0.4, -0.2) is 49.2 Å². The van der Waals surface area contributed by atoms with E-state index in [0.717, 1.165) is 0 Å². The zero-order valence-corrected chi connectivity index (χ0v) is 12.7. The maximum absolute atomic E-state index is 12.2. The first-order valence-corrected chi connectivity index (χ1v) is 7.30. The second-order valence-electron chi connectivity index (χ2n) is 4.88. The van der Waals surface area contributed by atoms with E-state index in [-0.39, 0.29) is 18.0 Å². The van der Waals surface area contributed by atoms with Crippen molar-refractivity contribution in [2.45, 2.75) is 31.3 Å². The summed E-state index contributed by atoms with van der Waals surface area (Å²) in [6, 6.07) is 0. The largest absolute Gasteiger partial charge is 0.386 e. The van der Waals surface area contributed by atoms with Gasteiger partial charge in [-0.25, -0.2) is 13.1 Å². The standard InChI is InChI=1S/C11H21N3O4S/c1-8-10(9(2)14(4)13-8)19(16,17)12-6-11(3,15)7-18-5/h12,15H,6-7H2,1-5H3/t11-/m1/s1. The van der Waals surface area contributed by atoms with Gasteiger partial charge in [-0.15, -0.1) is 0 Å². The van der Waals surface area contributed by atoms with Crippen LogP contribution in [0.2, 0.25) is 0 Å². The van der Waals surface area contributed by atoms with Gasteiger partial charge in [-0.3, -0.25) is 4.68 Å². The molecule has 0 radical (unpaired) electrons. The van der Waals surface area contributed by atoms with Gasteiger partial charge < -0.3 is 9.84 Å². The molecule has 19 heavy (non-hydrogen) atoms. The van der Waals surface area contributed by atoms with Gasteiger partial charge in [-0.1, -0.05) is 0 Å². The molecule has 1 aromatic rings. The highest BCUT2D eigenvalue weighted by Gasteiger charge is 2.28. The molecule has 0 bridgehead atoms. The number of aryl methyl sites for hydroxylation is 2. The minimum absolute atomic E-state index is 0.0422. The number of nitrogens with zero attached hydrogens (tertiary/aromatic N) is 2. The van der Waals surface area contributed by atoms with Gasteiger partial charge in [0.1, 0.15) is 4.90 Å². The molecule has 0 amide bonds. The van der Waals surface area contributed by atoms with E-state index in [9.17, 15) is 13.5 Å². The zero-order valence-electron chi connectivity index (χ0n) is 11.9. The smallest absolute Gasteiger partial charge is 0.244 e. The molecule has 8 heteroatoms. The first-order valence-electron chi connectivity index (χ1n) is 5.82. The number of hydrogen-bond donors (Lipinski definition) is 2. The van der Waals surface area contributed by atoms with Crippen molar-refractivity contribution in [2.24, 2.45) is 7.05 Å². The van der Waals surface area contributed by atoms with Crippen molar-refractivity contribution >= 4 is 10.0 Å². The molecule has 0 aromatic carbocycles. The average molecular weight is 291 g/mol. The Morgan fingerprint density at radius 3 is 2.47 bits per heavy atom. The summed E-state index contributed by atoms with van der Waals surface area (Å²) in [5, 5.41) is 14.0. The number of methoxy groups -OCH3 is 1. The second-order valence-corrected chi connectivity index (χ2v) is 6.58. The van der Waals surface area contributed by atoms with Crippen LogP contribution < -0.4 is 4.72 Å². The van der Waals surface area contributed by atoms with E-state index in [4.69, 9.17) is 4.74 Å². The SMILES string of the molecule is COC[C@](C)(O)CNS(=O)(=O)c1c(C)nn(C)c1C. The third kappa shape index (κ3) is 3.75. The summed E-state index contributed by atoms with van der Waals surface area (Å²) < 4.78 is 33.2. The number of ether oxygens (including phenoxy) is 1. The molecule has 7 nitrogen and oxygen atoms in total. The van der Waals surface area contributed by atoms with Crippen LogP contribution >= 0.6 is 0 Å². The maximum Gasteiger partial charge on any atom is 0.244 e. The molecule has 1 aromatic heterocycles. The summed E-state index contributed by atoms with van der Waals surface area (Å²) in [5.74, 6) is 0. The molecular formula is C11H21N3O4S. The van der Waals surface area contributed by atoms with E-state index in [1.807, 2.05) is 0 Å². The second kappa shape index (κ2) is 5.58. The summed E-state index contributed by atoms with van der Waals surface area (Å²) in [6.07, 6.45) is 0. The van der Waals surface area contributed by atoms with Crippen LogP contribution in [0.15, 0.2) is 4.90 Å². The van der Waals surface area contributed by atoms with Crippen molar-refractivity contribution in [3.05, 3.63) is 11.4 Å². The fraction of sp³-hybridized carbons (Fsp3) is 0.727. The van der Waals surface area contributed by atoms with Gasteiger partial charge in [0.2, 0.25) is 10.0 Å². The Hall–Kier alpha value is -0.960. The van der Waals surface area contributed by atoms with Gasteiger partial charge in [-0.05, 0) is 20.8 Å². The fourth-order valence-electron chi connectivity index (χ4n) is 1.83. The Morgan fingerprint density at radius 2 is 2.05 bits per heavy atom. The maximum atomic E-state index is 12.2. The molecule has 0 saturated carbocycles. The van der Waals surface area contributed by atoms with Crippen molar-refractivity contribution in [1.82, 2.24) is 14.5 Å². The summed E-state index contributed by atoms with van der Waals surface area (Å²) in [6.45, 7) is 4.73. The number of rotatable bonds is 6. The molecule has 0 fully saturated rings. The molecule has 0 aliphatic carbocycles. The number of sulfonamides is 1. The van der Waals surface area contributed by atoms with E-state index in [1.54, 1.807) is 20.9 Å². The number of hydrogen-bond acceptors (Lipinski definition) is 5. The molecular weight excluding hydrogens is 270 g/mol. The molecule has 1 rings (SSSR count). The van der Waals surface area contributed by atoms with E-state index in [0.29, 0.717) is 11.4 Å². The van der Waals surface area contributed by atoms with Crippen LogP contribution in [0.1, 0.15) is 18.3 Å². The predicted octanol–water partition coefficient (Wildman–Crippen LogP) is -0.287. The van der Waals surface area contributed by atoms with Crippen molar-refractivity contribution in [1.29, 1.82) is 0 Å². The van der Waals surface area contributed by atoms with E-state index in [1.165, 1.54) is 18.7 Å². The molecule has 1 atom stereocenters. The first-order chi connectivity index (χ1) is 8.60. The summed E-state index contributed by atoms with van der Waals surface area (Å²) in [7, 11) is -0.575. The minimum Gasteiger partial charge on any atom is -0.386 e. The molecule has 0 unspecified atom stereocenters. The quantitative estimate of drug-likeness (QED) is 0.751. The molecule has 0 aliphatic heterocycles. The molecule has 0 spiro atoms. The lowest BCUT2D eigenvalue weighted by atomic mass is 10.1. The van der Waals surface area contributed by atoms with Crippen LogP contribution in [-0.2, 0) is 21.8 Å². The van der Waals surface area contributed by atoms with Gasteiger partial charge in [-0.2, -0.15) is 5.10 Å². The fourth-order valence-corrected chi connectivity index (χ4v) is 3.42. The van der Waals surface area contributed by atoms with Crippen molar-refractivity contribution < 1.29 is 18.3 Å². The summed E-state index contributed by atoms with van der Waals surface area (Å²) in [4.78, 5) is 0.156. The third-order valence-corrected chi connectivity index (χ3v) is 4.46. The van der Waals surface area contributed by atoms with Crippen molar-refractivity contribution in [2.75, 3.05) is 20.3 Å². The normalized spacial score (nSPS) is 15.5. The Kier molecular flexibility index (Phi) is 4.72. The number of aromatic nitrogens is 2. The summed E-state index contributed by atoms with van der Waals surface area (Å²) >= 11 is 0. The number of aliphatic hydroxyl groups is 1. The van der Waals surface area contributed by atoms with Crippen LogP contribution in [0.5, 0.6) is 0 Å². The molecule has 0 aliphatic rings. The van der Waals surface area contributed by atoms with E-state index in [2.05, 4.69) is 9.82 Å². The molecule has 2 N–H and O–H groups in total. The van der Waals surface area contributed by atoms with E-state index < -0.39 is 15.6 Å². The van der Waals surface area contributed by atoms with Crippen LogP contribution in [0.3, 0.4) is 0 Å². The highest BCUT2D eigenvalue weighted by atomic mass is 32.2. The Balaban J connectivity index is 2.94. The minimum atomic E-state index is -3.70. The highest BCUT2D eigenvalue weighted by molar-refractivity contribution is 7.89. The van der Waals surface area contributed by atoms with Gasteiger partial charge in [0.15, 0.2) is 0 Å². The molecule has 0 saturated heterocycles. The molecule has 110 valence electrons. The Labute approximate surface area is 113 Å². The lowest BCUT2D eigenvalue weighted by Crippen LogP contribution is -2.43. The molecule has 1 heterocycles. The number of nitrogens with one attached hydrogen (secondary N) is 1. The van der Waals surface area contributed by atoms with Crippen molar-refractivity contribution in [3.63, 3.8) is 0 Å². The zero-order chi connectivity index (χ0) is 14.8. The Morgan fingerprint density at radius 1 is 1.47 bits per heavy atom. The summed E-state index contributed by atoms with van der Waals surface area (Å²) in [5.41, 5.74) is -0.276. The Bertz CT molecular complexity index is 549. The van der Waals surface area contributed by atoms with Gasteiger partial charge in [0.05, 0.1) is 23.6 Å².